The van der Waals surface area contributed by atoms with Gasteiger partial charge in [0.2, 0.25) is 0 Å². The number of aliphatic carboxylic acids is 1. The van der Waals surface area contributed by atoms with E-state index in [2.05, 4.69) is 12.2 Å². The lowest BCUT2D eigenvalue weighted by atomic mass is 9.89. The van der Waals surface area contributed by atoms with Crippen molar-refractivity contribution in [1.29, 1.82) is 0 Å². The van der Waals surface area contributed by atoms with Gasteiger partial charge in [-0.15, -0.1) is 0 Å². The predicted molar refractivity (Wildman–Crippen MR) is 47.2 cm³/mol. The third kappa shape index (κ3) is 2.72. The Morgan fingerprint density at radius 2 is 1.92 bits per heavy atom. The number of hydrogen-bond donors (Lipinski definition) is 2. The van der Waals surface area contributed by atoms with Crippen LogP contribution in [0.1, 0.15) is 32.6 Å². The Kier molecular flexibility index (Phi) is 2.90. The molecule has 0 aromatic rings. The van der Waals surface area contributed by atoms with Crippen LogP contribution in [0.4, 0.5) is 0 Å². The van der Waals surface area contributed by atoms with Crippen LogP contribution in [-0.4, -0.2) is 23.5 Å². The number of carboxylic acid groups (broad SMARTS) is 1. The van der Waals surface area contributed by atoms with E-state index in [9.17, 15) is 9.59 Å². The molecule has 4 nitrogen and oxygen atoms in total. The summed E-state index contributed by atoms with van der Waals surface area (Å²) >= 11 is 0. The predicted octanol–water partition coefficient (Wildman–Crippen LogP) is 0.767. The van der Waals surface area contributed by atoms with E-state index in [-0.39, 0.29) is 5.41 Å². The summed E-state index contributed by atoms with van der Waals surface area (Å²) < 4.78 is 0. The molecule has 0 unspecified atom stereocenters. The van der Waals surface area contributed by atoms with Gasteiger partial charge in [-0.05, 0) is 18.3 Å². The van der Waals surface area contributed by atoms with Crippen LogP contribution in [-0.2, 0) is 9.59 Å². The summed E-state index contributed by atoms with van der Waals surface area (Å²) in [5.74, 6) is -2.30. The van der Waals surface area contributed by atoms with Gasteiger partial charge < -0.3 is 10.4 Å². The van der Waals surface area contributed by atoms with Crippen molar-refractivity contribution in [1.82, 2.24) is 5.32 Å². The van der Waals surface area contributed by atoms with Crippen molar-refractivity contribution in [3.8, 4) is 0 Å². The summed E-state index contributed by atoms with van der Waals surface area (Å²) in [5, 5.41) is 10.8. The van der Waals surface area contributed by atoms with Crippen LogP contribution in [0.3, 0.4) is 0 Å². The highest BCUT2D eigenvalue weighted by molar-refractivity contribution is 6.31. The second-order valence-electron chi connectivity index (χ2n) is 4.01. The van der Waals surface area contributed by atoms with Crippen LogP contribution in [0.2, 0.25) is 0 Å². The lowest BCUT2D eigenvalue weighted by Gasteiger charge is -2.22. The zero-order valence-corrected chi connectivity index (χ0v) is 7.80. The van der Waals surface area contributed by atoms with Crippen LogP contribution < -0.4 is 5.32 Å². The van der Waals surface area contributed by atoms with E-state index < -0.39 is 11.9 Å². The van der Waals surface area contributed by atoms with E-state index >= 15 is 0 Å². The molecule has 0 bridgehead atoms. The second kappa shape index (κ2) is 3.77. The molecule has 0 heterocycles. The fourth-order valence-electron chi connectivity index (χ4n) is 1.77. The van der Waals surface area contributed by atoms with Gasteiger partial charge in [0.1, 0.15) is 0 Å². The zero-order chi connectivity index (χ0) is 9.90. The number of nitrogens with one attached hydrogen (secondary N) is 1. The fourth-order valence-corrected chi connectivity index (χ4v) is 1.77. The van der Waals surface area contributed by atoms with Crippen LogP contribution in [0.25, 0.3) is 0 Å². The van der Waals surface area contributed by atoms with Gasteiger partial charge in [-0.2, -0.15) is 0 Å². The standard InChI is InChI=1S/C9H15NO3/c1-9(4-2-3-5-9)6-10-7(11)8(12)13/h2-6H2,1H3,(H,10,11)(H,12,13). The average molecular weight is 185 g/mol. The van der Waals surface area contributed by atoms with Crippen LogP contribution in [0.15, 0.2) is 0 Å². The largest absolute Gasteiger partial charge is 0.474 e. The van der Waals surface area contributed by atoms with Gasteiger partial charge in [-0.1, -0.05) is 19.8 Å². The molecule has 0 atom stereocenters. The molecular formula is C9H15NO3. The quantitative estimate of drug-likeness (QED) is 0.624. The minimum atomic E-state index is -1.40. The summed E-state index contributed by atoms with van der Waals surface area (Å²) in [6.07, 6.45) is 4.51. The Morgan fingerprint density at radius 3 is 2.38 bits per heavy atom. The first-order valence-corrected chi connectivity index (χ1v) is 4.55. The maximum absolute atomic E-state index is 10.7. The van der Waals surface area contributed by atoms with Crippen molar-refractivity contribution in [3.63, 3.8) is 0 Å². The van der Waals surface area contributed by atoms with Crippen molar-refractivity contribution in [2.45, 2.75) is 32.6 Å². The molecule has 13 heavy (non-hydrogen) atoms. The summed E-state index contributed by atoms with van der Waals surface area (Å²) in [6.45, 7) is 2.57. The van der Waals surface area contributed by atoms with Crippen molar-refractivity contribution in [2.24, 2.45) is 5.41 Å². The van der Waals surface area contributed by atoms with Crippen molar-refractivity contribution < 1.29 is 14.7 Å². The summed E-state index contributed by atoms with van der Waals surface area (Å²) in [4.78, 5) is 20.9. The Balaban J connectivity index is 2.33. The van der Waals surface area contributed by atoms with Crippen molar-refractivity contribution in [2.75, 3.05) is 6.54 Å². The first-order valence-electron chi connectivity index (χ1n) is 4.55. The molecule has 0 aliphatic heterocycles. The second-order valence-corrected chi connectivity index (χ2v) is 4.01. The van der Waals surface area contributed by atoms with Gasteiger partial charge in [-0.3, -0.25) is 4.79 Å². The van der Waals surface area contributed by atoms with Crippen molar-refractivity contribution in [3.05, 3.63) is 0 Å². The molecule has 1 saturated carbocycles. The monoisotopic (exact) mass is 185 g/mol. The SMILES string of the molecule is CC1(CNC(=O)C(=O)O)CCCC1. The molecular weight excluding hydrogens is 170 g/mol. The first-order chi connectivity index (χ1) is 6.03. The Labute approximate surface area is 77.3 Å². The van der Waals surface area contributed by atoms with Crippen molar-refractivity contribution >= 4 is 11.9 Å². The number of rotatable bonds is 2. The van der Waals surface area contributed by atoms with Crippen LogP contribution >= 0.6 is 0 Å². The highest BCUT2D eigenvalue weighted by atomic mass is 16.4. The normalized spacial score (nSPS) is 19.8. The zero-order valence-electron chi connectivity index (χ0n) is 7.80. The molecule has 0 spiro atoms. The highest BCUT2D eigenvalue weighted by Crippen LogP contribution is 2.36. The van der Waals surface area contributed by atoms with E-state index in [1.165, 1.54) is 12.8 Å². The number of carboxylic acids is 1. The topological polar surface area (TPSA) is 66.4 Å². The molecule has 1 aliphatic rings. The molecule has 1 rings (SSSR count). The Morgan fingerprint density at radius 1 is 1.38 bits per heavy atom. The lowest BCUT2D eigenvalue weighted by Crippen LogP contribution is -2.37. The van der Waals surface area contributed by atoms with Gasteiger partial charge >= 0.3 is 11.9 Å². The van der Waals surface area contributed by atoms with E-state index in [1.54, 1.807) is 0 Å². The first kappa shape index (κ1) is 10.0. The molecule has 1 aliphatic carbocycles. The van der Waals surface area contributed by atoms with Gasteiger partial charge in [0.25, 0.3) is 0 Å². The molecule has 1 amide bonds. The maximum atomic E-state index is 10.7. The van der Waals surface area contributed by atoms with Gasteiger partial charge in [0.05, 0.1) is 0 Å². The summed E-state index contributed by atoms with van der Waals surface area (Å²) in [5.41, 5.74) is 0.116. The highest BCUT2D eigenvalue weighted by Gasteiger charge is 2.29. The minimum Gasteiger partial charge on any atom is -0.474 e. The van der Waals surface area contributed by atoms with Gasteiger partial charge in [0, 0.05) is 6.54 Å². The summed E-state index contributed by atoms with van der Waals surface area (Å²) in [6, 6.07) is 0. The smallest absolute Gasteiger partial charge is 0.394 e. The average Bonchev–Trinajstić information content (AvgIpc) is 2.48. The minimum absolute atomic E-state index is 0.116. The number of carbonyl (C=O) groups excluding carboxylic acids is 1. The van der Waals surface area contributed by atoms with E-state index in [0.717, 1.165) is 12.8 Å². The molecule has 0 aromatic carbocycles. The molecule has 2 N–H and O–H groups in total. The molecule has 4 heteroatoms. The van der Waals surface area contributed by atoms with Gasteiger partial charge in [0.15, 0.2) is 0 Å². The summed E-state index contributed by atoms with van der Waals surface area (Å²) in [7, 11) is 0. The molecule has 0 saturated heterocycles. The fraction of sp³-hybridized carbons (Fsp3) is 0.778. The van der Waals surface area contributed by atoms with Gasteiger partial charge in [-0.25, -0.2) is 4.79 Å². The number of carbonyl (C=O) groups is 2. The Hall–Kier alpha value is -1.06. The van der Waals surface area contributed by atoms with E-state index in [1.807, 2.05) is 0 Å². The van der Waals surface area contributed by atoms with Crippen LogP contribution in [0.5, 0.6) is 0 Å². The maximum Gasteiger partial charge on any atom is 0.394 e. The Bertz CT molecular complexity index is 219. The van der Waals surface area contributed by atoms with Crippen LogP contribution in [0, 0.1) is 5.41 Å². The third-order valence-corrected chi connectivity index (χ3v) is 2.68. The number of amides is 1. The molecule has 0 aromatic heterocycles. The molecule has 74 valence electrons. The van der Waals surface area contributed by atoms with E-state index in [0.29, 0.717) is 6.54 Å². The third-order valence-electron chi connectivity index (χ3n) is 2.68. The number of hydrogen-bond acceptors (Lipinski definition) is 2. The molecule has 0 radical (unpaired) electrons. The van der Waals surface area contributed by atoms with E-state index in [4.69, 9.17) is 5.11 Å². The molecule has 1 fully saturated rings. The lowest BCUT2D eigenvalue weighted by molar-refractivity contribution is -0.150.